The molecule has 2 rings (SSSR count). The van der Waals surface area contributed by atoms with Crippen molar-refractivity contribution in [3.63, 3.8) is 0 Å². The molecule has 1 amide bonds. The highest BCUT2D eigenvalue weighted by Gasteiger charge is 2.40. The second kappa shape index (κ2) is 5.93. The van der Waals surface area contributed by atoms with Crippen LogP contribution in [-0.2, 0) is 9.59 Å². The van der Waals surface area contributed by atoms with Crippen LogP contribution in [0.15, 0.2) is 0 Å². The van der Waals surface area contributed by atoms with Crippen molar-refractivity contribution < 1.29 is 14.7 Å². The Hall–Kier alpha value is -1.06. The molecule has 108 valence electrons. The van der Waals surface area contributed by atoms with Gasteiger partial charge in [-0.3, -0.25) is 9.59 Å². The van der Waals surface area contributed by atoms with Crippen molar-refractivity contribution in [3.05, 3.63) is 0 Å². The van der Waals surface area contributed by atoms with E-state index in [-0.39, 0.29) is 5.91 Å². The number of fused-ring (bicyclic) bond motifs is 2. The maximum atomic E-state index is 12.3. The second-order valence-corrected chi connectivity index (χ2v) is 6.31. The number of carboxylic acid groups (broad SMARTS) is 1. The third-order valence-corrected chi connectivity index (χ3v) is 4.97. The Labute approximate surface area is 115 Å². The molecule has 2 bridgehead atoms. The Morgan fingerprint density at radius 2 is 2.05 bits per heavy atom. The minimum atomic E-state index is -0.828. The van der Waals surface area contributed by atoms with Gasteiger partial charge in [0.2, 0.25) is 5.91 Å². The zero-order valence-electron chi connectivity index (χ0n) is 12.0. The van der Waals surface area contributed by atoms with Crippen LogP contribution in [0, 0.1) is 23.7 Å². The molecule has 19 heavy (non-hydrogen) atoms. The van der Waals surface area contributed by atoms with Gasteiger partial charge in [0.1, 0.15) is 0 Å². The van der Waals surface area contributed by atoms with E-state index in [1.54, 1.807) is 11.8 Å². The summed E-state index contributed by atoms with van der Waals surface area (Å²) in [7, 11) is 0. The van der Waals surface area contributed by atoms with Crippen LogP contribution in [0.1, 0.15) is 46.0 Å². The van der Waals surface area contributed by atoms with E-state index in [1.807, 2.05) is 6.92 Å². The molecule has 4 nitrogen and oxygen atoms in total. The molecule has 2 saturated carbocycles. The van der Waals surface area contributed by atoms with Gasteiger partial charge >= 0.3 is 5.97 Å². The number of nitrogens with zero attached hydrogens (tertiary/aromatic N) is 1. The number of aliphatic carboxylic acids is 1. The summed E-state index contributed by atoms with van der Waals surface area (Å²) in [5, 5.41) is 8.94. The molecular weight excluding hydrogens is 242 g/mol. The smallest absolute Gasteiger partial charge is 0.308 e. The minimum Gasteiger partial charge on any atom is -0.481 e. The first-order chi connectivity index (χ1) is 9.01. The fourth-order valence-electron chi connectivity index (χ4n) is 3.80. The largest absolute Gasteiger partial charge is 0.481 e. The Morgan fingerprint density at radius 3 is 2.53 bits per heavy atom. The minimum absolute atomic E-state index is 0.146. The number of hydrogen-bond donors (Lipinski definition) is 1. The van der Waals surface area contributed by atoms with Crippen LogP contribution in [0.3, 0.4) is 0 Å². The quantitative estimate of drug-likeness (QED) is 0.804. The molecule has 0 spiro atoms. The summed E-state index contributed by atoms with van der Waals surface area (Å²) in [6.07, 6.45) is 5.79. The monoisotopic (exact) mass is 267 g/mol. The molecule has 0 aromatic heterocycles. The Bertz CT molecular complexity index is 355. The van der Waals surface area contributed by atoms with Gasteiger partial charge < -0.3 is 10.0 Å². The lowest BCUT2D eigenvalue weighted by molar-refractivity contribution is -0.143. The third-order valence-electron chi connectivity index (χ3n) is 4.97. The van der Waals surface area contributed by atoms with E-state index in [4.69, 9.17) is 5.11 Å². The van der Waals surface area contributed by atoms with Crippen molar-refractivity contribution in [2.75, 3.05) is 13.1 Å². The van der Waals surface area contributed by atoms with Gasteiger partial charge in [0.05, 0.1) is 5.92 Å². The van der Waals surface area contributed by atoms with Crippen LogP contribution in [-0.4, -0.2) is 35.0 Å². The summed E-state index contributed by atoms with van der Waals surface area (Å²) >= 11 is 0. The molecule has 0 radical (unpaired) electrons. The topological polar surface area (TPSA) is 57.6 Å². The zero-order valence-corrected chi connectivity index (χ0v) is 12.0. The summed E-state index contributed by atoms with van der Waals surface area (Å²) in [6.45, 7) is 4.53. The predicted molar refractivity (Wildman–Crippen MR) is 72.6 cm³/mol. The molecule has 2 aliphatic carbocycles. The van der Waals surface area contributed by atoms with Gasteiger partial charge in [-0.15, -0.1) is 0 Å². The van der Waals surface area contributed by atoms with E-state index in [0.29, 0.717) is 25.4 Å². The van der Waals surface area contributed by atoms with E-state index in [2.05, 4.69) is 0 Å². The average Bonchev–Trinajstić information content (AvgIpc) is 2.97. The van der Waals surface area contributed by atoms with Crippen LogP contribution in [0.5, 0.6) is 0 Å². The van der Waals surface area contributed by atoms with Gasteiger partial charge in [-0.25, -0.2) is 0 Å². The maximum Gasteiger partial charge on any atom is 0.308 e. The van der Waals surface area contributed by atoms with Crippen molar-refractivity contribution in [2.45, 2.75) is 46.0 Å². The standard InChI is InChI=1S/C15H25NO3/c1-3-16(9-10(2)15(18)19)14(17)8-13-7-11-4-5-12(13)6-11/h10-13H,3-9H2,1-2H3,(H,18,19). The molecule has 0 aliphatic heterocycles. The first kappa shape index (κ1) is 14.4. The van der Waals surface area contributed by atoms with Gasteiger partial charge in [0.15, 0.2) is 0 Å². The van der Waals surface area contributed by atoms with E-state index in [0.717, 1.165) is 11.8 Å². The summed E-state index contributed by atoms with van der Waals surface area (Å²) in [6, 6.07) is 0. The molecule has 2 aliphatic rings. The number of hydrogen-bond acceptors (Lipinski definition) is 2. The van der Waals surface area contributed by atoms with Crippen molar-refractivity contribution in [1.29, 1.82) is 0 Å². The molecule has 1 N–H and O–H groups in total. The number of carbonyl (C=O) groups is 2. The van der Waals surface area contributed by atoms with Crippen LogP contribution >= 0.6 is 0 Å². The zero-order chi connectivity index (χ0) is 14.0. The molecule has 4 heteroatoms. The summed E-state index contributed by atoms with van der Waals surface area (Å²) < 4.78 is 0. The lowest BCUT2D eigenvalue weighted by Crippen LogP contribution is -2.38. The number of rotatable bonds is 6. The summed E-state index contributed by atoms with van der Waals surface area (Å²) in [4.78, 5) is 24.9. The summed E-state index contributed by atoms with van der Waals surface area (Å²) in [5.41, 5.74) is 0. The van der Waals surface area contributed by atoms with E-state index in [1.165, 1.54) is 25.7 Å². The van der Waals surface area contributed by atoms with E-state index < -0.39 is 11.9 Å². The molecule has 0 heterocycles. The number of carboxylic acids is 1. The Balaban J connectivity index is 1.85. The molecule has 4 atom stereocenters. The van der Waals surface area contributed by atoms with Crippen molar-refractivity contribution >= 4 is 11.9 Å². The second-order valence-electron chi connectivity index (χ2n) is 6.31. The highest BCUT2D eigenvalue weighted by molar-refractivity contribution is 5.77. The number of carbonyl (C=O) groups excluding carboxylic acids is 1. The molecule has 4 unspecified atom stereocenters. The third kappa shape index (κ3) is 3.28. The Morgan fingerprint density at radius 1 is 1.32 bits per heavy atom. The summed E-state index contributed by atoms with van der Waals surface area (Å²) in [5.74, 6) is 1.00. The predicted octanol–water partition coefficient (Wildman–Crippen LogP) is 2.38. The molecule has 2 fully saturated rings. The first-order valence-corrected chi connectivity index (χ1v) is 7.51. The molecule has 0 saturated heterocycles. The maximum absolute atomic E-state index is 12.3. The van der Waals surface area contributed by atoms with Crippen LogP contribution in [0.4, 0.5) is 0 Å². The van der Waals surface area contributed by atoms with Gasteiger partial charge in [-0.1, -0.05) is 13.3 Å². The molecule has 0 aromatic rings. The molecular formula is C15H25NO3. The fraction of sp³-hybridized carbons (Fsp3) is 0.867. The normalized spacial score (nSPS) is 30.3. The SMILES string of the molecule is CCN(CC(C)C(=O)O)C(=O)CC1CC2CCC1C2. The Kier molecular flexibility index (Phi) is 4.48. The first-order valence-electron chi connectivity index (χ1n) is 7.51. The highest BCUT2D eigenvalue weighted by atomic mass is 16.4. The van der Waals surface area contributed by atoms with Crippen LogP contribution < -0.4 is 0 Å². The van der Waals surface area contributed by atoms with Gasteiger partial charge in [0, 0.05) is 19.5 Å². The average molecular weight is 267 g/mol. The van der Waals surface area contributed by atoms with Crippen molar-refractivity contribution in [1.82, 2.24) is 4.90 Å². The van der Waals surface area contributed by atoms with Gasteiger partial charge in [-0.2, -0.15) is 0 Å². The lowest BCUT2D eigenvalue weighted by atomic mass is 9.86. The van der Waals surface area contributed by atoms with Crippen LogP contribution in [0.2, 0.25) is 0 Å². The fourth-order valence-corrected chi connectivity index (χ4v) is 3.80. The lowest BCUT2D eigenvalue weighted by Gasteiger charge is -2.27. The molecule has 0 aromatic carbocycles. The van der Waals surface area contributed by atoms with Gasteiger partial charge in [-0.05, 0) is 43.9 Å². The van der Waals surface area contributed by atoms with Crippen molar-refractivity contribution in [3.8, 4) is 0 Å². The highest BCUT2D eigenvalue weighted by Crippen LogP contribution is 2.49. The van der Waals surface area contributed by atoms with E-state index in [9.17, 15) is 9.59 Å². The number of amides is 1. The van der Waals surface area contributed by atoms with Gasteiger partial charge in [0.25, 0.3) is 0 Å². The van der Waals surface area contributed by atoms with Crippen molar-refractivity contribution in [2.24, 2.45) is 23.7 Å². The van der Waals surface area contributed by atoms with E-state index >= 15 is 0 Å². The van der Waals surface area contributed by atoms with Crippen LogP contribution in [0.25, 0.3) is 0 Å².